The number of hydrogen-bond donors (Lipinski definition) is 0. The number of rotatable bonds is 6. The fraction of sp³-hybridized carbons (Fsp3) is 0.417. The maximum Gasteiger partial charge on any atom is 0.259 e. The molecule has 168 valence electrons. The number of fused-ring (bicyclic) bond motifs is 2. The second-order valence-electron chi connectivity index (χ2n) is 8.03. The minimum absolute atomic E-state index is 0.111. The predicted molar refractivity (Wildman–Crippen MR) is 119 cm³/mol. The average Bonchev–Trinajstić information content (AvgIpc) is 3.46. The van der Waals surface area contributed by atoms with Crippen LogP contribution in [0.15, 0.2) is 36.5 Å². The minimum atomic E-state index is -0.151. The Morgan fingerprint density at radius 1 is 1.25 bits per heavy atom. The Labute approximate surface area is 186 Å². The van der Waals surface area contributed by atoms with Crippen molar-refractivity contribution in [2.24, 2.45) is 0 Å². The van der Waals surface area contributed by atoms with E-state index in [-0.39, 0.29) is 18.8 Å². The molecule has 1 fully saturated rings. The molecular formula is C24H27N3O5. The number of anilines is 1. The summed E-state index contributed by atoms with van der Waals surface area (Å²) in [6.45, 7) is 3.49. The lowest BCUT2D eigenvalue weighted by molar-refractivity contribution is -0.0108. The highest BCUT2D eigenvalue weighted by molar-refractivity contribution is 6.06. The van der Waals surface area contributed by atoms with Gasteiger partial charge in [0, 0.05) is 25.4 Å². The maximum absolute atomic E-state index is 13.3. The number of ether oxygens (including phenoxy) is 4. The van der Waals surface area contributed by atoms with Gasteiger partial charge in [0.1, 0.15) is 12.4 Å². The largest absolute Gasteiger partial charge is 0.487 e. The zero-order valence-corrected chi connectivity index (χ0v) is 18.4. The van der Waals surface area contributed by atoms with Gasteiger partial charge in [-0.05, 0) is 56.0 Å². The van der Waals surface area contributed by atoms with Crippen LogP contribution >= 0.6 is 0 Å². The summed E-state index contributed by atoms with van der Waals surface area (Å²) in [5, 5.41) is 0. The second kappa shape index (κ2) is 8.70. The molecule has 1 unspecified atom stereocenters. The summed E-state index contributed by atoms with van der Waals surface area (Å²) < 4.78 is 24.6. The molecule has 8 heteroatoms. The van der Waals surface area contributed by atoms with Crippen molar-refractivity contribution in [3.05, 3.63) is 47.8 Å². The molecule has 1 aromatic carbocycles. The molecule has 0 aliphatic carbocycles. The molecule has 8 nitrogen and oxygen atoms in total. The van der Waals surface area contributed by atoms with E-state index in [1.807, 2.05) is 29.7 Å². The first kappa shape index (κ1) is 20.6. The molecule has 1 amide bonds. The van der Waals surface area contributed by atoms with Crippen molar-refractivity contribution in [2.75, 3.05) is 32.0 Å². The molecule has 2 aliphatic heterocycles. The van der Waals surface area contributed by atoms with E-state index in [1.54, 1.807) is 30.1 Å². The van der Waals surface area contributed by atoms with Crippen LogP contribution < -0.4 is 19.1 Å². The molecule has 1 saturated heterocycles. The molecule has 2 aromatic heterocycles. The molecule has 0 spiro atoms. The Morgan fingerprint density at radius 3 is 2.94 bits per heavy atom. The molecule has 0 saturated carbocycles. The van der Waals surface area contributed by atoms with E-state index in [4.69, 9.17) is 23.9 Å². The highest BCUT2D eigenvalue weighted by atomic mass is 16.7. The number of carbonyl (C=O) groups excluding carboxylic acids is 1. The van der Waals surface area contributed by atoms with Gasteiger partial charge in [-0.1, -0.05) is 6.92 Å². The van der Waals surface area contributed by atoms with E-state index in [1.165, 1.54) is 6.42 Å². The second-order valence-corrected chi connectivity index (χ2v) is 8.03. The number of amides is 1. The smallest absolute Gasteiger partial charge is 0.259 e. The number of benzene rings is 1. The lowest BCUT2D eigenvalue weighted by Crippen LogP contribution is -2.28. The van der Waals surface area contributed by atoms with Crippen LogP contribution in [0, 0.1) is 0 Å². The summed E-state index contributed by atoms with van der Waals surface area (Å²) in [4.78, 5) is 19.8. The van der Waals surface area contributed by atoms with Crippen LogP contribution in [0.5, 0.6) is 17.2 Å². The Morgan fingerprint density at radius 2 is 2.12 bits per heavy atom. The Bertz CT molecular complexity index is 1140. The fourth-order valence-corrected chi connectivity index (χ4v) is 4.22. The summed E-state index contributed by atoms with van der Waals surface area (Å²) in [6, 6.07) is 9.05. The summed E-state index contributed by atoms with van der Waals surface area (Å²) in [7, 11) is 1.76. The Hall–Kier alpha value is -3.26. The molecule has 0 N–H and O–H groups in total. The van der Waals surface area contributed by atoms with Crippen LogP contribution in [0.3, 0.4) is 0 Å². The highest BCUT2D eigenvalue weighted by Gasteiger charge is 2.25. The summed E-state index contributed by atoms with van der Waals surface area (Å²) in [6.07, 6.45) is 5.98. The first-order valence-electron chi connectivity index (χ1n) is 11.1. The van der Waals surface area contributed by atoms with Gasteiger partial charge in [-0.3, -0.25) is 14.1 Å². The van der Waals surface area contributed by atoms with Crippen LogP contribution in [0.2, 0.25) is 0 Å². The summed E-state index contributed by atoms with van der Waals surface area (Å²) in [5.74, 6) is 2.49. The minimum Gasteiger partial charge on any atom is -0.487 e. The third kappa shape index (κ3) is 3.75. The molecule has 5 rings (SSSR count). The van der Waals surface area contributed by atoms with Crippen molar-refractivity contribution in [1.29, 1.82) is 0 Å². The van der Waals surface area contributed by atoms with Crippen molar-refractivity contribution in [3.63, 3.8) is 0 Å². The highest BCUT2D eigenvalue weighted by Crippen LogP contribution is 2.34. The van der Waals surface area contributed by atoms with Crippen molar-refractivity contribution >= 4 is 17.4 Å². The molecule has 32 heavy (non-hydrogen) atoms. The number of carbonyl (C=O) groups is 1. The lowest BCUT2D eigenvalue weighted by Gasteiger charge is -2.22. The number of pyridine rings is 1. The summed E-state index contributed by atoms with van der Waals surface area (Å²) >= 11 is 0. The van der Waals surface area contributed by atoms with E-state index in [0.29, 0.717) is 41.5 Å². The van der Waals surface area contributed by atoms with Gasteiger partial charge >= 0.3 is 0 Å². The summed E-state index contributed by atoms with van der Waals surface area (Å²) in [5.41, 5.74) is 2.04. The van der Waals surface area contributed by atoms with Gasteiger partial charge in [0.2, 0.25) is 6.79 Å². The zero-order chi connectivity index (χ0) is 22.1. The van der Waals surface area contributed by atoms with Gasteiger partial charge in [0.15, 0.2) is 22.9 Å². The van der Waals surface area contributed by atoms with Crippen LogP contribution in [-0.4, -0.2) is 48.5 Å². The molecule has 0 radical (unpaired) electrons. The van der Waals surface area contributed by atoms with Crippen molar-refractivity contribution < 1.29 is 23.7 Å². The van der Waals surface area contributed by atoms with E-state index in [9.17, 15) is 4.79 Å². The van der Waals surface area contributed by atoms with Gasteiger partial charge < -0.3 is 18.9 Å². The normalized spacial score (nSPS) is 17.5. The number of imidazole rings is 1. The van der Waals surface area contributed by atoms with Crippen LogP contribution in [0.25, 0.3) is 5.65 Å². The molecule has 1 atom stereocenters. The fourth-order valence-electron chi connectivity index (χ4n) is 4.22. The van der Waals surface area contributed by atoms with Crippen LogP contribution in [-0.2, 0) is 11.2 Å². The SMILES string of the molecule is CCc1nc2c(OCC3CCCCO3)cccn2c1N(C)C(=O)c1ccc2c(c1)OCO2. The standard InChI is InChI=1S/C24H27N3O5/c1-3-18-23(26(2)24(28)16-9-10-19-21(13-16)32-15-31-19)27-11-6-8-20(22(27)25-18)30-14-17-7-4-5-12-29-17/h6,8-11,13,17H,3-5,7,12,14-15H2,1-2H3. The quantitative estimate of drug-likeness (QED) is 0.583. The van der Waals surface area contributed by atoms with Gasteiger partial charge in [-0.2, -0.15) is 0 Å². The van der Waals surface area contributed by atoms with Gasteiger partial charge in [-0.15, -0.1) is 0 Å². The Balaban J connectivity index is 1.44. The number of aromatic nitrogens is 2. The van der Waals surface area contributed by atoms with Crippen molar-refractivity contribution in [3.8, 4) is 17.2 Å². The van der Waals surface area contributed by atoms with Gasteiger partial charge in [-0.25, -0.2) is 4.98 Å². The van der Waals surface area contributed by atoms with E-state index in [0.717, 1.165) is 31.0 Å². The van der Waals surface area contributed by atoms with E-state index < -0.39 is 0 Å². The average molecular weight is 437 g/mol. The maximum atomic E-state index is 13.3. The number of hydrogen-bond acceptors (Lipinski definition) is 6. The first-order chi connectivity index (χ1) is 15.7. The zero-order valence-electron chi connectivity index (χ0n) is 18.4. The van der Waals surface area contributed by atoms with Gasteiger partial charge in [0.25, 0.3) is 5.91 Å². The molecular weight excluding hydrogens is 410 g/mol. The molecule has 3 aromatic rings. The van der Waals surface area contributed by atoms with E-state index in [2.05, 4.69) is 0 Å². The lowest BCUT2D eigenvalue weighted by atomic mass is 10.1. The van der Waals surface area contributed by atoms with E-state index >= 15 is 0 Å². The first-order valence-corrected chi connectivity index (χ1v) is 11.1. The third-order valence-corrected chi connectivity index (χ3v) is 5.93. The topological polar surface area (TPSA) is 74.5 Å². The predicted octanol–water partition coefficient (Wildman–Crippen LogP) is 3.85. The molecule has 4 heterocycles. The van der Waals surface area contributed by atoms with Crippen LogP contribution in [0.1, 0.15) is 42.2 Å². The Kier molecular flexibility index (Phi) is 5.61. The number of aryl methyl sites for hydroxylation is 1. The third-order valence-electron chi connectivity index (χ3n) is 5.93. The monoisotopic (exact) mass is 437 g/mol. The number of nitrogens with zero attached hydrogens (tertiary/aromatic N) is 3. The van der Waals surface area contributed by atoms with Crippen molar-refractivity contribution in [1.82, 2.24) is 9.38 Å². The van der Waals surface area contributed by atoms with Gasteiger partial charge in [0.05, 0.1) is 11.8 Å². The molecule has 2 aliphatic rings. The molecule has 0 bridgehead atoms. The van der Waals surface area contributed by atoms with Crippen molar-refractivity contribution in [2.45, 2.75) is 38.7 Å². The van der Waals surface area contributed by atoms with Crippen LogP contribution in [0.4, 0.5) is 5.82 Å².